The summed E-state index contributed by atoms with van der Waals surface area (Å²) in [6.07, 6.45) is 1.73. The maximum absolute atomic E-state index is 12.4. The summed E-state index contributed by atoms with van der Waals surface area (Å²) in [6.45, 7) is 0.125. The van der Waals surface area contributed by atoms with Gasteiger partial charge in [0.1, 0.15) is 18.1 Å². The molecule has 1 N–H and O–H groups in total. The predicted molar refractivity (Wildman–Crippen MR) is 88.2 cm³/mol. The number of nitrogens with one attached hydrogen (secondary N) is 1. The number of non-ortho nitro benzene ring substituents is 1. The van der Waals surface area contributed by atoms with Crippen LogP contribution in [0.25, 0.3) is 6.08 Å². The van der Waals surface area contributed by atoms with Crippen molar-refractivity contribution in [1.29, 1.82) is 0 Å². The monoisotopic (exact) mass is 326 g/mol. The number of fused-ring (bicyclic) bond motifs is 1. The second kappa shape index (κ2) is 6.41. The van der Waals surface area contributed by atoms with Gasteiger partial charge in [-0.15, -0.1) is 0 Å². The molecular formula is C17H14N2O5. The molecule has 122 valence electrons. The molecule has 2 aromatic carbocycles. The van der Waals surface area contributed by atoms with Gasteiger partial charge in [0, 0.05) is 17.7 Å². The van der Waals surface area contributed by atoms with E-state index in [2.05, 4.69) is 5.32 Å². The lowest BCUT2D eigenvalue weighted by molar-refractivity contribution is -0.384. The predicted octanol–water partition coefficient (Wildman–Crippen LogP) is 3.02. The highest BCUT2D eigenvalue weighted by atomic mass is 16.6. The molecule has 0 saturated heterocycles. The van der Waals surface area contributed by atoms with Crippen LogP contribution in [0.1, 0.15) is 5.56 Å². The molecule has 0 atom stereocenters. The fourth-order valence-corrected chi connectivity index (χ4v) is 2.36. The molecule has 0 spiro atoms. The molecule has 0 aliphatic carbocycles. The summed E-state index contributed by atoms with van der Waals surface area (Å²) in [5, 5.41) is 13.5. The minimum Gasteiger partial charge on any atom is -0.495 e. The second-order valence-corrected chi connectivity index (χ2v) is 5.09. The summed E-state index contributed by atoms with van der Waals surface area (Å²) in [4.78, 5) is 22.8. The molecule has 2 aromatic rings. The van der Waals surface area contributed by atoms with Crippen LogP contribution in [0.2, 0.25) is 0 Å². The van der Waals surface area contributed by atoms with Gasteiger partial charge in [0.15, 0.2) is 0 Å². The van der Waals surface area contributed by atoms with Gasteiger partial charge >= 0.3 is 0 Å². The molecule has 1 aliphatic heterocycles. The third-order valence-electron chi connectivity index (χ3n) is 3.57. The molecule has 0 aromatic heterocycles. The number of amides is 1. The molecule has 1 amide bonds. The first-order chi connectivity index (χ1) is 11.6. The van der Waals surface area contributed by atoms with Gasteiger partial charge < -0.3 is 14.8 Å². The molecular weight excluding hydrogens is 312 g/mol. The van der Waals surface area contributed by atoms with Crippen LogP contribution in [0.15, 0.2) is 48.0 Å². The van der Waals surface area contributed by atoms with Gasteiger partial charge in [0.05, 0.1) is 23.3 Å². The molecule has 0 saturated carbocycles. The van der Waals surface area contributed by atoms with Crippen LogP contribution >= 0.6 is 0 Å². The second-order valence-electron chi connectivity index (χ2n) is 5.09. The Morgan fingerprint density at radius 1 is 1.29 bits per heavy atom. The Hall–Kier alpha value is -3.35. The first kappa shape index (κ1) is 15.5. The molecule has 0 unspecified atom stereocenters. The maximum atomic E-state index is 12.4. The number of para-hydroxylation sites is 1. The Bertz CT molecular complexity index is 845. The average Bonchev–Trinajstić information content (AvgIpc) is 2.61. The van der Waals surface area contributed by atoms with E-state index in [-0.39, 0.29) is 18.0 Å². The molecule has 1 aliphatic rings. The number of ether oxygens (including phenoxy) is 2. The van der Waals surface area contributed by atoms with Gasteiger partial charge in [-0.3, -0.25) is 14.9 Å². The van der Waals surface area contributed by atoms with Crippen LogP contribution in [0.5, 0.6) is 11.5 Å². The fourth-order valence-electron chi connectivity index (χ4n) is 2.36. The normalized spacial score (nSPS) is 12.5. The van der Waals surface area contributed by atoms with Gasteiger partial charge in [0.25, 0.3) is 11.6 Å². The van der Waals surface area contributed by atoms with Crippen molar-refractivity contribution in [1.82, 2.24) is 0 Å². The average molecular weight is 326 g/mol. The Labute approximate surface area is 137 Å². The zero-order chi connectivity index (χ0) is 17.1. The van der Waals surface area contributed by atoms with Gasteiger partial charge in [-0.25, -0.2) is 0 Å². The van der Waals surface area contributed by atoms with Crippen molar-refractivity contribution in [2.24, 2.45) is 0 Å². The first-order valence-electron chi connectivity index (χ1n) is 7.14. The van der Waals surface area contributed by atoms with Gasteiger partial charge in [-0.1, -0.05) is 18.2 Å². The zero-order valence-corrected chi connectivity index (χ0v) is 12.8. The zero-order valence-electron chi connectivity index (χ0n) is 12.8. The Balaban J connectivity index is 1.87. The first-order valence-corrected chi connectivity index (χ1v) is 7.14. The number of methoxy groups -OCH3 is 1. The topological polar surface area (TPSA) is 90.7 Å². The largest absolute Gasteiger partial charge is 0.495 e. The minimum absolute atomic E-state index is 0.125. The molecule has 24 heavy (non-hydrogen) atoms. The highest BCUT2D eigenvalue weighted by Crippen LogP contribution is 2.30. The van der Waals surface area contributed by atoms with Crippen molar-refractivity contribution < 1.29 is 19.2 Å². The van der Waals surface area contributed by atoms with Gasteiger partial charge in [-0.05, 0) is 18.2 Å². The van der Waals surface area contributed by atoms with Crippen LogP contribution < -0.4 is 14.8 Å². The SMILES string of the molecule is COc1ccc([N+](=O)[O-])cc1NC(=O)C1=Cc2ccccc2OC1. The van der Waals surface area contributed by atoms with Crippen molar-refractivity contribution in [3.63, 3.8) is 0 Å². The number of nitrogens with zero attached hydrogens (tertiary/aromatic N) is 1. The number of carbonyl (C=O) groups is 1. The van der Waals surface area contributed by atoms with E-state index in [0.717, 1.165) is 5.56 Å². The molecule has 0 fully saturated rings. The molecule has 7 nitrogen and oxygen atoms in total. The highest BCUT2D eigenvalue weighted by molar-refractivity contribution is 6.08. The number of nitro groups is 1. The lowest BCUT2D eigenvalue weighted by Gasteiger charge is -2.18. The number of nitro benzene ring substituents is 1. The summed E-state index contributed by atoms with van der Waals surface area (Å²) in [7, 11) is 1.43. The Kier molecular flexibility index (Phi) is 4.15. The summed E-state index contributed by atoms with van der Waals surface area (Å²) in [5.74, 6) is 0.650. The van der Waals surface area contributed by atoms with E-state index in [1.807, 2.05) is 24.3 Å². The molecule has 7 heteroatoms. The van der Waals surface area contributed by atoms with Crippen LogP contribution in [0, 0.1) is 10.1 Å². The van der Waals surface area contributed by atoms with Crippen molar-refractivity contribution in [2.45, 2.75) is 0 Å². The van der Waals surface area contributed by atoms with E-state index in [1.165, 1.54) is 25.3 Å². The lowest BCUT2D eigenvalue weighted by atomic mass is 10.1. The van der Waals surface area contributed by atoms with Gasteiger partial charge in [-0.2, -0.15) is 0 Å². The number of hydrogen-bond acceptors (Lipinski definition) is 5. The Morgan fingerprint density at radius 3 is 2.83 bits per heavy atom. The van der Waals surface area contributed by atoms with Gasteiger partial charge in [0.2, 0.25) is 0 Å². The van der Waals surface area contributed by atoms with Crippen molar-refractivity contribution in [3.05, 3.63) is 63.7 Å². The van der Waals surface area contributed by atoms with E-state index < -0.39 is 10.8 Å². The van der Waals surface area contributed by atoms with Crippen LogP contribution in [-0.2, 0) is 4.79 Å². The third-order valence-corrected chi connectivity index (χ3v) is 3.57. The van der Waals surface area contributed by atoms with E-state index in [1.54, 1.807) is 6.08 Å². The minimum atomic E-state index is -0.533. The van der Waals surface area contributed by atoms with E-state index in [4.69, 9.17) is 9.47 Å². The quantitative estimate of drug-likeness (QED) is 0.689. The standard InChI is InChI=1S/C17H14N2O5/c1-23-16-7-6-13(19(21)22)9-14(16)18-17(20)12-8-11-4-2-3-5-15(11)24-10-12/h2-9H,10H2,1H3,(H,18,20). The van der Waals surface area contributed by atoms with Crippen LogP contribution in [-0.4, -0.2) is 24.5 Å². The van der Waals surface area contributed by atoms with Crippen LogP contribution in [0.3, 0.4) is 0 Å². The maximum Gasteiger partial charge on any atom is 0.271 e. The summed E-state index contributed by atoms with van der Waals surface area (Å²) in [5.41, 5.74) is 1.32. The summed E-state index contributed by atoms with van der Waals surface area (Å²) < 4.78 is 10.7. The van der Waals surface area contributed by atoms with Crippen molar-refractivity contribution in [2.75, 3.05) is 19.0 Å². The fraction of sp³-hybridized carbons (Fsp3) is 0.118. The molecule has 1 heterocycles. The van der Waals surface area contributed by atoms with E-state index in [0.29, 0.717) is 17.1 Å². The third kappa shape index (κ3) is 3.05. The summed E-state index contributed by atoms with van der Waals surface area (Å²) >= 11 is 0. The molecule has 0 radical (unpaired) electrons. The smallest absolute Gasteiger partial charge is 0.271 e. The number of rotatable bonds is 4. The Morgan fingerprint density at radius 2 is 2.08 bits per heavy atom. The van der Waals surface area contributed by atoms with E-state index >= 15 is 0 Å². The van der Waals surface area contributed by atoms with Crippen LogP contribution in [0.4, 0.5) is 11.4 Å². The lowest BCUT2D eigenvalue weighted by Crippen LogP contribution is -2.21. The van der Waals surface area contributed by atoms with Crippen molar-refractivity contribution >= 4 is 23.4 Å². The van der Waals surface area contributed by atoms with Crippen molar-refractivity contribution in [3.8, 4) is 11.5 Å². The number of anilines is 1. The molecule has 3 rings (SSSR count). The molecule has 0 bridgehead atoms. The highest BCUT2D eigenvalue weighted by Gasteiger charge is 2.19. The summed E-state index contributed by atoms with van der Waals surface area (Å²) in [6, 6.07) is 11.4. The van der Waals surface area contributed by atoms with E-state index in [9.17, 15) is 14.9 Å². The number of carbonyl (C=O) groups excluding carboxylic acids is 1. The number of benzene rings is 2. The number of hydrogen-bond donors (Lipinski definition) is 1.